The molecule has 0 unspecified atom stereocenters. The van der Waals surface area contributed by atoms with Crippen molar-refractivity contribution in [2.45, 2.75) is 0 Å². The van der Waals surface area contributed by atoms with E-state index in [1.54, 1.807) is 24.3 Å². The third-order valence-corrected chi connectivity index (χ3v) is 4.36. The van der Waals surface area contributed by atoms with Crippen LogP contribution in [0.5, 0.6) is 5.75 Å². The average molecular weight is 384 g/mol. The van der Waals surface area contributed by atoms with Crippen LogP contribution in [0.4, 0.5) is 11.4 Å². The predicted octanol–water partition coefficient (Wildman–Crippen LogP) is 3.43. The highest BCUT2D eigenvalue weighted by molar-refractivity contribution is 6.31. The van der Waals surface area contributed by atoms with E-state index in [1.807, 2.05) is 12.1 Å². The fourth-order valence-corrected chi connectivity index (χ4v) is 2.94. The lowest BCUT2D eigenvalue weighted by atomic mass is 10.1. The topological polar surface area (TPSA) is 85.6 Å². The quantitative estimate of drug-likeness (QED) is 0.624. The van der Waals surface area contributed by atoms with Gasteiger partial charge >= 0.3 is 0 Å². The van der Waals surface area contributed by atoms with Crippen LogP contribution >= 0.6 is 11.6 Å². The van der Waals surface area contributed by atoms with E-state index in [2.05, 4.69) is 10.2 Å². The fraction of sp³-hybridized carbons (Fsp3) is 0.200. The molecule has 0 radical (unpaired) electrons. The molecule has 0 aliphatic carbocycles. The van der Waals surface area contributed by atoms with Gasteiger partial charge in [-0.05, 0) is 42.0 Å². The van der Waals surface area contributed by atoms with Gasteiger partial charge in [0.25, 0.3) is 5.91 Å². The number of morpholine rings is 1. The number of hydrogen-bond acceptors (Lipinski definition) is 5. The molecular weight excluding hydrogens is 366 g/mol. The van der Waals surface area contributed by atoms with E-state index in [1.165, 1.54) is 18.2 Å². The minimum atomic E-state index is -0.526. The SMILES string of the molecule is N#C/C(=C\c1ccc(O)cc1)C(=O)Nc1cc(Cl)ccc1N1CCOCC1. The Kier molecular flexibility index (Phi) is 5.97. The molecule has 2 aromatic rings. The van der Waals surface area contributed by atoms with Gasteiger partial charge in [0.2, 0.25) is 0 Å². The summed E-state index contributed by atoms with van der Waals surface area (Å²) in [5.41, 5.74) is 1.96. The third-order valence-electron chi connectivity index (χ3n) is 4.13. The van der Waals surface area contributed by atoms with Crippen LogP contribution in [0.15, 0.2) is 48.0 Å². The Bertz CT molecular complexity index is 898. The molecule has 0 aromatic heterocycles. The van der Waals surface area contributed by atoms with Crippen molar-refractivity contribution in [2.24, 2.45) is 0 Å². The molecule has 0 atom stereocenters. The van der Waals surface area contributed by atoms with Gasteiger partial charge in [0.1, 0.15) is 17.4 Å². The minimum Gasteiger partial charge on any atom is -0.508 e. The molecule has 6 nitrogen and oxygen atoms in total. The number of nitriles is 1. The van der Waals surface area contributed by atoms with Crippen LogP contribution in [0.2, 0.25) is 5.02 Å². The first-order valence-electron chi connectivity index (χ1n) is 8.41. The molecule has 0 spiro atoms. The first kappa shape index (κ1) is 18.8. The Morgan fingerprint density at radius 3 is 2.59 bits per heavy atom. The van der Waals surface area contributed by atoms with Crippen LogP contribution in [0.25, 0.3) is 6.08 Å². The maximum absolute atomic E-state index is 12.6. The summed E-state index contributed by atoms with van der Waals surface area (Å²) in [6, 6.07) is 13.4. The largest absolute Gasteiger partial charge is 0.508 e. The van der Waals surface area contributed by atoms with Gasteiger partial charge in [0.15, 0.2) is 0 Å². The molecule has 0 bridgehead atoms. The normalized spacial score (nSPS) is 14.5. The third kappa shape index (κ3) is 4.79. The van der Waals surface area contributed by atoms with Crippen LogP contribution in [-0.4, -0.2) is 37.3 Å². The molecule has 7 heteroatoms. The number of rotatable bonds is 4. The Hall–Kier alpha value is -3.01. The first-order chi connectivity index (χ1) is 13.1. The van der Waals surface area contributed by atoms with Crippen LogP contribution in [0.1, 0.15) is 5.56 Å². The van der Waals surface area contributed by atoms with Crippen molar-refractivity contribution < 1.29 is 14.6 Å². The minimum absolute atomic E-state index is 0.0476. The van der Waals surface area contributed by atoms with Gasteiger partial charge in [-0.25, -0.2) is 0 Å². The molecule has 1 fully saturated rings. The second-order valence-corrected chi connectivity index (χ2v) is 6.41. The van der Waals surface area contributed by atoms with Crippen molar-refractivity contribution in [3.05, 3.63) is 58.6 Å². The summed E-state index contributed by atoms with van der Waals surface area (Å²) in [6.45, 7) is 2.64. The number of benzene rings is 2. The highest BCUT2D eigenvalue weighted by Gasteiger charge is 2.18. The number of phenolic OH excluding ortho intramolecular Hbond substituents is 1. The van der Waals surface area contributed by atoms with Gasteiger partial charge in [0.05, 0.1) is 24.6 Å². The van der Waals surface area contributed by atoms with E-state index in [9.17, 15) is 15.2 Å². The number of carbonyl (C=O) groups is 1. The summed E-state index contributed by atoms with van der Waals surface area (Å²) in [5.74, 6) is -0.411. The summed E-state index contributed by atoms with van der Waals surface area (Å²) in [7, 11) is 0. The lowest BCUT2D eigenvalue weighted by molar-refractivity contribution is -0.112. The number of hydrogen-bond donors (Lipinski definition) is 2. The molecule has 0 saturated carbocycles. The van der Waals surface area contributed by atoms with Gasteiger partial charge in [0, 0.05) is 18.1 Å². The van der Waals surface area contributed by atoms with Gasteiger partial charge in [-0.3, -0.25) is 4.79 Å². The molecule has 1 amide bonds. The number of halogens is 1. The molecule has 2 N–H and O–H groups in total. The number of carbonyl (C=O) groups excluding carboxylic acids is 1. The fourth-order valence-electron chi connectivity index (χ4n) is 2.76. The van der Waals surface area contributed by atoms with E-state index in [0.717, 1.165) is 5.69 Å². The molecule has 3 rings (SSSR count). The zero-order valence-corrected chi connectivity index (χ0v) is 15.2. The Balaban J connectivity index is 1.84. The first-order valence-corrected chi connectivity index (χ1v) is 8.79. The maximum atomic E-state index is 12.6. The van der Waals surface area contributed by atoms with Crippen molar-refractivity contribution in [3.8, 4) is 11.8 Å². The van der Waals surface area contributed by atoms with Crippen molar-refractivity contribution in [3.63, 3.8) is 0 Å². The molecule has 1 saturated heterocycles. The Morgan fingerprint density at radius 1 is 1.22 bits per heavy atom. The Labute approximate surface area is 162 Å². The van der Waals surface area contributed by atoms with Gasteiger partial charge < -0.3 is 20.1 Å². The van der Waals surface area contributed by atoms with Crippen molar-refractivity contribution in [2.75, 3.05) is 36.5 Å². The van der Waals surface area contributed by atoms with Crippen LogP contribution in [-0.2, 0) is 9.53 Å². The number of phenols is 1. The number of nitrogens with one attached hydrogen (secondary N) is 1. The zero-order chi connectivity index (χ0) is 19.2. The molecular formula is C20H18ClN3O3. The number of ether oxygens (including phenoxy) is 1. The summed E-state index contributed by atoms with van der Waals surface area (Å²) in [6.07, 6.45) is 1.47. The predicted molar refractivity (Wildman–Crippen MR) is 105 cm³/mol. The van der Waals surface area contributed by atoms with Gasteiger partial charge in [-0.2, -0.15) is 5.26 Å². The lowest BCUT2D eigenvalue weighted by Gasteiger charge is -2.30. The van der Waals surface area contributed by atoms with Gasteiger partial charge in [-0.1, -0.05) is 23.7 Å². The second-order valence-electron chi connectivity index (χ2n) is 5.98. The number of nitrogens with zero attached hydrogens (tertiary/aromatic N) is 2. The van der Waals surface area contributed by atoms with Crippen LogP contribution in [0.3, 0.4) is 0 Å². The van der Waals surface area contributed by atoms with Crippen molar-refractivity contribution in [1.29, 1.82) is 5.26 Å². The van der Waals surface area contributed by atoms with Crippen LogP contribution < -0.4 is 10.2 Å². The standard InChI is InChI=1S/C20H18ClN3O3/c21-16-3-6-19(24-7-9-27-10-8-24)18(12-16)23-20(26)15(13-22)11-14-1-4-17(25)5-2-14/h1-6,11-12,25H,7-10H2,(H,23,26)/b15-11+. The van der Waals surface area contributed by atoms with Crippen molar-refractivity contribution in [1.82, 2.24) is 0 Å². The van der Waals surface area contributed by atoms with E-state index in [4.69, 9.17) is 16.3 Å². The summed E-state index contributed by atoms with van der Waals surface area (Å²) < 4.78 is 5.37. The molecule has 1 aliphatic rings. The summed E-state index contributed by atoms with van der Waals surface area (Å²) >= 11 is 6.10. The van der Waals surface area contributed by atoms with E-state index >= 15 is 0 Å². The smallest absolute Gasteiger partial charge is 0.266 e. The Morgan fingerprint density at radius 2 is 1.93 bits per heavy atom. The second kappa shape index (κ2) is 8.58. The van der Waals surface area contributed by atoms with E-state index in [0.29, 0.717) is 42.6 Å². The highest BCUT2D eigenvalue weighted by Crippen LogP contribution is 2.30. The molecule has 1 heterocycles. The van der Waals surface area contributed by atoms with E-state index < -0.39 is 5.91 Å². The molecule has 1 aliphatic heterocycles. The summed E-state index contributed by atoms with van der Waals surface area (Å²) in [5, 5.41) is 22.0. The zero-order valence-electron chi connectivity index (χ0n) is 14.5. The molecule has 27 heavy (non-hydrogen) atoms. The average Bonchev–Trinajstić information content (AvgIpc) is 2.68. The molecule has 2 aromatic carbocycles. The maximum Gasteiger partial charge on any atom is 0.266 e. The lowest BCUT2D eigenvalue weighted by Crippen LogP contribution is -2.36. The summed E-state index contributed by atoms with van der Waals surface area (Å²) in [4.78, 5) is 14.7. The van der Waals surface area contributed by atoms with E-state index in [-0.39, 0.29) is 11.3 Å². The number of anilines is 2. The number of amides is 1. The highest BCUT2D eigenvalue weighted by atomic mass is 35.5. The monoisotopic (exact) mass is 383 g/mol. The molecule has 138 valence electrons. The number of aromatic hydroxyl groups is 1. The van der Waals surface area contributed by atoms with Gasteiger partial charge in [-0.15, -0.1) is 0 Å². The van der Waals surface area contributed by atoms with Crippen LogP contribution in [0, 0.1) is 11.3 Å². The van der Waals surface area contributed by atoms with Crippen molar-refractivity contribution >= 4 is 35.0 Å².